The van der Waals surface area contributed by atoms with Crippen molar-refractivity contribution in [2.24, 2.45) is 0 Å². The highest BCUT2D eigenvalue weighted by molar-refractivity contribution is 7.93. The first-order valence-corrected chi connectivity index (χ1v) is 5.95. The van der Waals surface area contributed by atoms with Gasteiger partial charge in [-0.15, -0.1) is 0 Å². The van der Waals surface area contributed by atoms with Gasteiger partial charge < -0.3 is 0 Å². The van der Waals surface area contributed by atoms with Gasteiger partial charge in [0, 0.05) is 0 Å². The largest absolute Gasteiger partial charge is 0.223 e. The summed E-state index contributed by atoms with van der Waals surface area (Å²) in [6.45, 7) is 5.47. The summed E-state index contributed by atoms with van der Waals surface area (Å²) in [5.74, 6) is 0. The molecule has 1 aromatic rings. The van der Waals surface area contributed by atoms with Crippen LogP contribution in [0.2, 0.25) is 0 Å². The highest BCUT2D eigenvalue weighted by Gasteiger charge is 2.54. The molecular formula is C11H12O2S. The fourth-order valence-corrected chi connectivity index (χ4v) is 3.29. The van der Waals surface area contributed by atoms with Crippen molar-refractivity contribution >= 4 is 9.84 Å². The number of hydrogen-bond acceptors (Lipinski definition) is 2. The lowest BCUT2D eigenvalue weighted by Gasteiger charge is -2.09. The van der Waals surface area contributed by atoms with Crippen molar-refractivity contribution in [1.29, 1.82) is 0 Å². The van der Waals surface area contributed by atoms with Gasteiger partial charge in [0.25, 0.3) is 0 Å². The normalized spacial score (nSPS) is 26.2. The van der Waals surface area contributed by atoms with Crippen LogP contribution in [-0.4, -0.2) is 13.2 Å². The highest BCUT2D eigenvalue weighted by atomic mass is 32.2. The van der Waals surface area contributed by atoms with Crippen LogP contribution >= 0.6 is 0 Å². The molecule has 14 heavy (non-hydrogen) atoms. The summed E-state index contributed by atoms with van der Waals surface area (Å²) < 4.78 is 23.4. The van der Waals surface area contributed by atoms with Crippen LogP contribution in [0.15, 0.2) is 47.4 Å². The van der Waals surface area contributed by atoms with Gasteiger partial charge in [-0.1, -0.05) is 30.4 Å². The lowest BCUT2D eigenvalue weighted by Crippen LogP contribution is -2.19. The van der Waals surface area contributed by atoms with Gasteiger partial charge in [-0.05, 0) is 25.5 Å². The number of benzene rings is 1. The average Bonchev–Trinajstić information content (AvgIpc) is 2.78. The molecule has 2 nitrogen and oxygen atoms in total. The van der Waals surface area contributed by atoms with Gasteiger partial charge in [0.15, 0.2) is 9.84 Å². The molecule has 3 heteroatoms. The van der Waals surface area contributed by atoms with E-state index < -0.39 is 14.6 Å². The third-order valence-electron chi connectivity index (χ3n) is 2.82. The molecule has 0 bridgehead atoms. The second kappa shape index (κ2) is 2.70. The number of hydrogen-bond donors (Lipinski definition) is 0. The molecule has 0 aromatic heterocycles. The maximum atomic E-state index is 12.1. The van der Waals surface area contributed by atoms with E-state index in [0.29, 0.717) is 11.3 Å². The summed E-state index contributed by atoms with van der Waals surface area (Å²) in [5, 5.41) is 0. The zero-order chi connectivity index (χ0) is 10.4. The maximum absolute atomic E-state index is 12.1. The van der Waals surface area contributed by atoms with E-state index >= 15 is 0 Å². The van der Waals surface area contributed by atoms with Crippen molar-refractivity contribution in [2.75, 3.05) is 0 Å². The molecule has 0 heterocycles. The fraction of sp³-hybridized carbons (Fsp3) is 0.273. The van der Waals surface area contributed by atoms with Crippen molar-refractivity contribution < 1.29 is 8.42 Å². The first kappa shape index (κ1) is 9.46. The molecule has 1 saturated carbocycles. The minimum atomic E-state index is -3.21. The lowest BCUT2D eigenvalue weighted by molar-refractivity contribution is 0.584. The standard InChI is InChI=1S/C11H12O2S/c1-9-8-11(9,2)14(12,13)10-6-4-3-5-7-10/h3-7H,1,8H2,2H3. The van der Waals surface area contributed by atoms with Crippen molar-refractivity contribution in [2.45, 2.75) is 23.0 Å². The van der Waals surface area contributed by atoms with Gasteiger partial charge in [0.2, 0.25) is 0 Å². The molecule has 1 fully saturated rings. The first-order chi connectivity index (χ1) is 6.48. The monoisotopic (exact) mass is 208 g/mol. The summed E-state index contributed by atoms with van der Waals surface area (Å²) in [5.41, 5.74) is 0.807. The Morgan fingerprint density at radius 3 is 2.21 bits per heavy atom. The van der Waals surface area contributed by atoms with E-state index in [0.717, 1.165) is 5.57 Å². The minimum absolute atomic E-state index is 0.390. The van der Waals surface area contributed by atoms with E-state index in [2.05, 4.69) is 6.58 Å². The van der Waals surface area contributed by atoms with E-state index in [-0.39, 0.29) is 0 Å². The van der Waals surface area contributed by atoms with Gasteiger partial charge in [-0.25, -0.2) is 8.42 Å². The first-order valence-electron chi connectivity index (χ1n) is 4.46. The van der Waals surface area contributed by atoms with Crippen molar-refractivity contribution in [3.8, 4) is 0 Å². The predicted octanol–water partition coefficient (Wildman–Crippen LogP) is 2.18. The second-order valence-corrected chi connectivity index (χ2v) is 6.21. The molecule has 1 aliphatic rings. The minimum Gasteiger partial charge on any atom is -0.223 e. The zero-order valence-electron chi connectivity index (χ0n) is 8.03. The Bertz CT molecular complexity index is 473. The zero-order valence-corrected chi connectivity index (χ0v) is 8.84. The molecule has 1 aliphatic carbocycles. The molecule has 2 rings (SSSR count). The average molecular weight is 208 g/mol. The molecule has 0 saturated heterocycles. The van der Waals surface area contributed by atoms with Gasteiger partial charge in [0.05, 0.1) is 9.64 Å². The van der Waals surface area contributed by atoms with Gasteiger partial charge in [-0.2, -0.15) is 0 Å². The molecule has 1 atom stereocenters. The third-order valence-corrected chi connectivity index (χ3v) is 5.33. The van der Waals surface area contributed by atoms with Crippen LogP contribution in [-0.2, 0) is 9.84 Å². The lowest BCUT2D eigenvalue weighted by atomic mass is 10.4. The summed E-state index contributed by atoms with van der Waals surface area (Å²) in [7, 11) is -3.21. The van der Waals surface area contributed by atoms with Crippen LogP contribution in [0.3, 0.4) is 0 Å². The van der Waals surface area contributed by atoms with E-state index in [9.17, 15) is 8.42 Å². The van der Waals surface area contributed by atoms with E-state index in [1.54, 1.807) is 31.2 Å². The third kappa shape index (κ3) is 1.12. The Labute approximate surface area is 84.2 Å². The van der Waals surface area contributed by atoms with Crippen LogP contribution in [0.1, 0.15) is 13.3 Å². The van der Waals surface area contributed by atoms with Crippen molar-refractivity contribution in [3.05, 3.63) is 42.5 Å². The van der Waals surface area contributed by atoms with Crippen molar-refractivity contribution in [3.63, 3.8) is 0 Å². The number of sulfone groups is 1. The Balaban J connectivity index is 2.51. The molecule has 0 N–H and O–H groups in total. The quantitative estimate of drug-likeness (QED) is 0.698. The van der Waals surface area contributed by atoms with Gasteiger partial charge >= 0.3 is 0 Å². The molecule has 74 valence electrons. The molecular weight excluding hydrogens is 196 g/mol. The predicted molar refractivity (Wildman–Crippen MR) is 55.8 cm³/mol. The van der Waals surface area contributed by atoms with Crippen LogP contribution in [0.25, 0.3) is 0 Å². The van der Waals surface area contributed by atoms with Gasteiger partial charge in [0.1, 0.15) is 0 Å². The van der Waals surface area contributed by atoms with Crippen molar-refractivity contribution in [1.82, 2.24) is 0 Å². The summed E-state index contributed by atoms with van der Waals surface area (Å²) in [4.78, 5) is 0.390. The number of rotatable bonds is 2. The fourth-order valence-electron chi connectivity index (χ4n) is 1.51. The van der Waals surface area contributed by atoms with E-state index in [1.165, 1.54) is 0 Å². The maximum Gasteiger partial charge on any atom is 0.187 e. The van der Waals surface area contributed by atoms with Crippen LogP contribution in [0.4, 0.5) is 0 Å². The summed E-state index contributed by atoms with van der Waals surface area (Å²) >= 11 is 0. The second-order valence-electron chi connectivity index (χ2n) is 3.83. The van der Waals surface area contributed by atoms with E-state index in [4.69, 9.17) is 0 Å². The van der Waals surface area contributed by atoms with E-state index in [1.807, 2.05) is 6.07 Å². The summed E-state index contributed by atoms with van der Waals surface area (Å²) in [6.07, 6.45) is 0.588. The molecule has 0 amide bonds. The Kier molecular flexibility index (Phi) is 1.83. The highest BCUT2D eigenvalue weighted by Crippen LogP contribution is 2.50. The van der Waals surface area contributed by atoms with Crippen LogP contribution in [0.5, 0.6) is 0 Å². The molecule has 1 unspecified atom stereocenters. The topological polar surface area (TPSA) is 34.1 Å². The molecule has 0 aliphatic heterocycles. The summed E-state index contributed by atoms with van der Waals surface area (Å²) in [6, 6.07) is 8.55. The van der Waals surface area contributed by atoms with Crippen LogP contribution in [0, 0.1) is 0 Å². The molecule has 1 aromatic carbocycles. The Morgan fingerprint density at radius 2 is 1.79 bits per heavy atom. The molecule has 0 spiro atoms. The molecule has 0 radical (unpaired) electrons. The Morgan fingerprint density at radius 1 is 1.29 bits per heavy atom. The van der Waals surface area contributed by atoms with Gasteiger partial charge in [-0.3, -0.25) is 0 Å². The SMILES string of the molecule is C=C1CC1(C)S(=O)(=O)c1ccccc1. The Hall–Kier alpha value is -1.09. The smallest absolute Gasteiger partial charge is 0.187 e. The van der Waals surface area contributed by atoms with Crippen LogP contribution < -0.4 is 0 Å².